The number of H-pyrrole nitrogens is 1. The largest absolute Gasteiger partial charge is 0.477 e. The van der Waals surface area contributed by atoms with Gasteiger partial charge in [-0.2, -0.15) is 13.2 Å². The summed E-state index contributed by atoms with van der Waals surface area (Å²) in [4.78, 5) is 18.7. The number of aromatic amines is 1. The predicted octanol–water partition coefficient (Wildman–Crippen LogP) is 5.07. The number of pyridine rings is 1. The highest BCUT2D eigenvalue weighted by atomic mass is 19.4. The molecule has 1 N–H and O–H groups in total. The van der Waals surface area contributed by atoms with Crippen LogP contribution in [0.25, 0.3) is 22.8 Å². The van der Waals surface area contributed by atoms with Crippen molar-refractivity contribution in [2.75, 3.05) is 6.61 Å². The second-order valence-electron chi connectivity index (χ2n) is 7.57. The van der Waals surface area contributed by atoms with E-state index >= 15 is 0 Å². The molecule has 6 nitrogen and oxygen atoms in total. The van der Waals surface area contributed by atoms with Gasteiger partial charge in [0, 0.05) is 17.8 Å². The zero-order chi connectivity index (χ0) is 21.2. The molecule has 0 amide bonds. The summed E-state index contributed by atoms with van der Waals surface area (Å²) in [6.45, 7) is 8.84. The standard InChI is InChI=1S/C20H22F3N5O/c1-5-19(3,4)11-29-17-6-12(2)13(7-26-17)14-8-25-15(9-24-14)18-27-10-16(28-18)20(21,22)23/h6-10H,5,11H2,1-4H3,(H,27,28). The maximum atomic E-state index is 12.7. The third-order valence-corrected chi connectivity index (χ3v) is 4.71. The van der Waals surface area contributed by atoms with Crippen LogP contribution >= 0.6 is 0 Å². The summed E-state index contributed by atoms with van der Waals surface area (Å²) in [6.07, 6.45) is 1.75. The van der Waals surface area contributed by atoms with Crippen LogP contribution in [-0.2, 0) is 6.18 Å². The Kier molecular flexibility index (Phi) is 5.59. The molecule has 3 heterocycles. The van der Waals surface area contributed by atoms with E-state index in [2.05, 4.69) is 45.7 Å². The fourth-order valence-electron chi connectivity index (χ4n) is 2.43. The van der Waals surface area contributed by atoms with Crippen LogP contribution in [0, 0.1) is 12.3 Å². The van der Waals surface area contributed by atoms with Gasteiger partial charge < -0.3 is 9.72 Å². The van der Waals surface area contributed by atoms with E-state index in [0.29, 0.717) is 18.2 Å². The molecule has 154 valence electrons. The summed E-state index contributed by atoms with van der Waals surface area (Å²) in [5, 5.41) is 0. The van der Waals surface area contributed by atoms with Crippen molar-refractivity contribution in [2.45, 2.75) is 40.3 Å². The molecule has 0 aromatic carbocycles. The molecule has 0 aliphatic carbocycles. The lowest BCUT2D eigenvalue weighted by molar-refractivity contribution is -0.140. The first-order valence-corrected chi connectivity index (χ1v) is 9.13. The minimum atomic E-state index is -4.49. The van der Waals surface area contributed by atoms with Gasteiger partial charge >= 0.3 is 6.18 Å². The highest BCUT2D eigenvalue weighted by molar-refractivity contribution is 5.63. The monoisotopic (exact) mass is 405 g/mol. The number of ether oxygens (including phenoxy) is 1. The third kappa shape index (κ3) is 4.90. The summed E-state index contributed by atoms with van der Waals surface area (Å²) in [7, 11) is 0. The molecule has 0 atom stereocenters. The Hall–Kier alpha value is -2.97. The Balaban J connectivity index is 1.77. The maximum absolute atomic E-state index is 12.7. The predicted molar refractivity (Wildman–Crippen MR) is 102 cm³/mol. The van der Waals surface area contributed by atoms with Crippen LogP contribution in [0.15, 0.2) is 30.9 Å². The number of rotatable bonds is 6. The number of hydrogen-bond acceptors (Lipinski definition) is 5. The van der Waals surface area contributed by atoms with E-state index in [0.717, 1.165) is 23.7 Å². The minimum Gasteiger partial charge on any atom is -0.477 e. The molecule has 9 heteroatoms. The van der Waals surface area contributed by atoms with Crippen molar-refractivity contribution < 1.29 is 17.9 Å². The SMILES string of the molecule is CCC(C)(C)COc1cc(C)c(-c2cnc(-c3ncc(C(F)(F)F)[nH]3)cn2)cn1. The van der Waals surface area contributed by atoms with Crippen LogP contribution in [0.1, 0.15) is 38.4 Å². The van der Waals surface area contributed by atoms with E-state index in [1.165, 1.54) is 12.4 Å². The van der Waals surface area contributed by atoms with Gasteiger partial charge in [-0.15, -0.1) is 0 Å². The summed E-state index contributed by atoms with van der Waals surface area (Å²) in [5.74, 6) is 0.543. The lowest BCUT2D eigenvalue weighted by atomic mass is 9.92. The van der Waals surface area contributed by atoms with Gasteiger partial charge in [0.05, 0.1) is 30.9 Å². The van der Waals surface area contributed by atoms with Crippen LogP contribution in [0.4, 0.5) is 13.2 Å². The van der Waals surface area contributed by atoms with Crippen molar-refractivity contribution in [1.82, 2.24) is 24.9 Å². The van der Waals surface area contributed by atoms with Gasteiger partial charge in [0.2, 0.25) is 5.88 Å². The molecule has 0 radical (unpaired) electrons. The van der Waals surface area contributed by atoms with Crippen molar-refractivity contribution in [1.29, 1.82) is 0 Å². The maximum Gasteiger partial charge on any atom is 0.432 e. The van der Waals surface area contributed by atoms with Crippen LogP contribution in [0.5, 0.6) is 5.88 Å². The van der Waals surface area contributed by atoms with E-state index in [-0.39, 0.29) is 16.9 Å². The summed E-state index contributed by atoms with van der Waals surface area (Å²) >= 11 is 0. The fraction of sp³-hybridized carbons (Fsp3) is 0.400. The highest BCUT2D eigenvalue weighted by Gasteiger charge is 2.33. The molecule has 0 aliphatic heterocycles. The fourth-order valence-corrected chi connectivity index (χ4v) is 2.43. The van der Waals surface area contributed by atoms with E-state index < -0.39 is 11.9 Å². The zero-order valence-corrected chi connectivity index (χ0v) is 16.6. The average Bonchev–Trinajstić information content (AvgIpc) is 3.18. The lowest BCUT2D eigenvalue weighted by Gasteiger charge is -2.22. The molecule has 0 saturated heterocycles. The Morgan fingerprint density at radius 1 is 0.966 bits per heavy atom. The normalized spacial score (nSPS) is 12.2. The molecule has 3 aromatic heterocycles. The van der Waals surface area contributed by atoms with Crippen LogP contribution in [-0.4, -0.2) is 31.5 Å². The number of hydrogen-bond donors (Lipinski definition) is 1. The quantitative estimate of drug-likeness (QED) is 0.620. The van der Waals surface area contributed by atoms with Crippen molar-refractivity contribution >= 4 is 0 Å². The Morgan fingerprint density at radius 3 is 2.21 bits per heavy atom. The number of imidazole rings is 1. The first kappa shape index (κ1) is 20.8. The molecule has 0 spiro atoms. The van der Waals surface area contributed by atoms with Crippen molar-refractivity contribution in [3.8, 4) is 28.7 Å². The van der Waals surface area contributed by atoms with Gasteiger partial charge in [-0.25, -0.2) is 15.0 Å². The molecule has 3 rings (SSSR count). The summed E-state index contributed by atoms with van der Waals surface area (Å²) in [5.41, 5.74) is 1.58. The zero-order valence-electron chi connectivity index (χ0n) is 16.6. The highest BCUT2D eigenvalue weighted by Crippen LogP contribution is 2.29. The second kappa shape index (κ2) is 7.81. The second-order valence-corrected chi connectivity index (χ2v) is 7.57. The Bertz CT molecular complexity index is 981. The minimum absolute atomic E-state index is 0.00788. The number of nitrogens with one attached hydrogen (secondary N) is 1. The first-order valence-electron chi connectivity index (χ1n) is 9.13. The average molecular weight is 405 g/mol. The van der Waals surface area contributed by atoms with E-state index in [4.69, 9.17) is 4.74 Å². The van der Waals surface area contributed by atoms with Crippen molar-refractivity contribution in [2.24, 2.45) is 5.41 Å². The van der Waals surface area contributed by atoms with Gasteiger partial charge in [0.15, 0.2) is 5.82 Å². The molecular weight excluding hydrogens is 383 g/mol. The molecular formula is C20H22F3N5O. The van der Waals surface area contributed by atoms with Crippen molar-refractivity contribution in [3.63, 3.8) is 0 Å². The van der Waals surface area contributed by atoms with Gasteiger partial charge in [-0.1, -0.05) is 20.8 Å². The van der Waals surface area contributed by atoms with E-state index in [1.54, 1.807) is 6.20 Å². The smallest absolute Gasteiger partial charge is 0.432 e. The molecule has 0 aliphatic rings. The summed E-state index contributed by atoms with van der Waals surface area (Å²) in [6, 6.07) is 1.83. The molecule has 29 heavy (non-hydrogen) atoms. The number of nitrogens with zero attached hydrogens (tertiary/aromatic N) is 4. The van der Waals surface area contributed by atoms with Crippen LogP contribution in [0.2, 0.25) is 0 Å². The molecule has 0 bridgehead atoms. The van der Waals surface area contributed by atoms with Gasteiger partial charge in [-0.3, -0.25) is 4.98 Å². The topological polar surface area (TPSA) is 76.6 Å². The lowest BCUT2D eigenvalue weighted by Crippen LogP contribution is -2.20. The summed E-state index contributed by atoms with van der Waals surface area (Å²) < 4.78 is 43.9. The van der Waals surface area contributed by atoms with E-state index in [1.807, 2.05) is 13.0 Å². The molecule has 0 fully saturated rings. The molecule has 0 unspecified atom stereocenters. The molecule has 0 saturated carbocycles. The van der Waals surface area contributed by atoms with Gasteiger partial charge in [0.1, 0.15) is 11.4 Å². The third-order valence-electron chi connectivity index (χ3n) is 4.71. The van der Waals surface area contributed by atoms with E-state index in [9.17, 15) is 13.2 Å². The van der Waals surface area contributed by atoms with Crippen LogP contribution < -0.4 is 4.74 Å². The first-order chi connectivity index (χ1) is 13.6. The Morgan fingerprint density at radius 2 is 1.66 bits per heavy atom. The molecule has 3 aromatic rings. The number of alkyl halides is 3. The van der Waals surface area contributed by atoms with Gasteiger partial charge in [-0.05, 0) is 24.3 Å². The number of aromatic nitrogens is 5. The number of halogens is 3. The van der Waals surface area contributed by atoms with Crippen molar-refractivity contribution in [3.05, 3.63) is 42.1 Å². The van der Waals surface area contributed by atoms with Gasteiger partial charge in [0.25, 0.3) is 0 Å². The Labute approximate surface area is 166 Å². The number of aryl methyl sites for hydroxylation is 1. The van der Waals surface area contributed by atoms with Crippen LogP contribution in [0.3, 0.4) is 0 Å².